The first-order valence-corrected chi connectivity index (χ1v) is 10.0. The maximum absolute atomic E-state index is 12.4. The van der Waals surface area contributed by atoms with Crippen LogP contribution in [0, 0.1) is 22.2 Å². The van der Waals surface area contributed by atoms with Crippen molar-refractivity contribution in [2.45, 2.75) is 79.4 Å². The van der Waals surface area contributed by atoms with Crippen molar-refractivity contribution in [1.82, 2.24) is 0 Å². The van der Waals surface area contributed by atoms with Crippen LogP contribution < -0.4 is 0 Å². The second kappa shape index (κ2) is 6.33. The number of hydrogen-bond acceptors (Lipinski definition) is 5. The van der Waals surface area contributed by atoms with E-state index in [0.29, 0.717) is 13.2 Å². The van der Waals surface area contributed by atoms with E-state index in [9.17, 15) is 9.59 Å². The molecule has 0 amide bonds. The lowest BCUT2D eigenvalue weighted by atomic mass is 9.45. The standard InChI is InChI=1S/C22H34O5/c1-14(2)10-18(24)27-17-8-9-19(4,5)21(7)20(17,6)11-16(12-25-15(3)23)22(21)13-26-22/h10,16-17H,8-9,11-13H2,1-7H3/t16-,17-,20-,21+,22+/m0/s1. The molecule has 1 spiro atoms. The Kier molecular flexibility index (Phi) is 4.78. The van der Waals surface area contributed by atoms with Gasteiger partial charge in [-0.3, -0.25) is 4.79 Å². The molecule has 5 atom stereocenters. The van der Waals surface area contributed by atoms with E-state index in [1.54, 1.807) is 6.08 Å². The van der Waals surface area contributed by atoms with E-state index >= 15 is 0 Å². The van der Waals surface area contributed by atoms with Gasteiger partial charge in [-0.05, 0) is 38.5 Å². The van der Waals surface area contributed by atoms with E-state index < -0.39 is 0 Å². The van der Waals surface area contributed by atoms with E-state index in [4.69, 9.17) is 14.2 Å². The predicted molar refractivity (Wildman–Crippen MR) is 102 cm³/mol. The van der Waals surface area contributed by atoms with Crippen LogP contribution in [0.1, 0.15) is 67.7 Å². The van der Waals surface area contributed by atoms with E-state index in [-0.39, 0.29) is 45.8 Å². The normalized spacial score (nSPS) is 41.6. The second-order valence-corrected chi connectivity index (χ2v) is 9.99. The van der Waals surface area contributed by atoms with Crippen molar-refractivity contribution in [2.75, 3.05) is 13.2 Å². The largest absolute Gasteiger partial charge is 0.465 e. The molecule has 152 valence electrons. The zero-order valence-electron chi connectivity index (χ0n) is 17.8. The van der Waals surface area contributed by atoms with Gasteiger partial charge in [0, 0.05) is 29.7 Å². The number of hydrogen-bond donors (Lipinski definition) is 0. The van der Waals surface area contributed by atoms with Gasteiger partial charge in [-0.25, -0.2) is 4.79 Å². The third-order valence-corrected chi connectivity index (χ3v) is 8.02. The van der Waals surface area contributed by atoms with Gasteiger partial charge in [0.1, 0.15) is 11.7 Å². The summed E-state index contributed by atoms with van der Waals surface area (Å²) in [5.74, 6) is -0.405. The first kappa shape index (κ1) is 20.4. The summed E-state index contributed by atoms with van der Waals surface area (Å²) in [6.45, 7) is 15.4. The summed E-state index contributed by atoms with van der Waals surface area (Å²) in [6.07, 6.45) is 4.04. The number of fused-ring (bicyclic) bond motifs is 2. The zero-order chi connectivity index (χ0) is 20.3. The van der Waals surface area contributed by atoms with Gasteiger partial charge in [-0.15, -0.1) is 0 Å². The summed E-state index contributed by atoms with van der Waals surface area (Å²) >= 11 is 0. The molecular weight excluding hydrogens is 344 g/mol. The molecule has 0 aromatic heterocycles. The van der Waals surface area contributed by atoms with Crippen LogP contribution in [0.3, 0.4) is 0 Å². The number of carbonyl (C=O) groups excluding carboxylic acids is 2. The summed E-state index contributed by atoms with van der Waals surface area (Å²) in [5, 5.41) is 0. The molecule has 5 heteroatoms. The molecule has 0 radical (unpaired) electrons. The van der Waals surface area contributed by atoms with Crippen LogP contribution in [0.2, 0.25) is 0 Å². The molecule has 2 saturated carbocycles. The number of ether oxygens (including phenoxy) is 3. The molecule has 0 bridgehead atoms. The van der Waals surface area contributed by atoms with Gasteiger partial charge in [0.2, 0.25) is 0 Å². The summed E-state index contributed by atoms with van der Waals surface area (Å²) in [7, 11) is 0. The lowest BCUT2D eigenvalue weighted by Gasteiger charge is -2.60. The molecule has 5 nitrogen and oxygen atoms in total. The Bertz CT molecular complexity index is 670. The molecule has 0 unspecified atom stereocenters. The molecule has 0 N–H and O–H groups in total. The summed E-state index contributed by atoms with van der Waals surface area (Å²) in [4.78, 5) is 23.8. The summed E-state index contributed by atoms with van der Waals surface area (Å²) < 4.78 is 17.5. The van der Waals surface area contributed by atoms with Gasteiger partial charge in [-0.2, -0.15) is 0 Å². The van der Waals surface area contributed by atoms with Crippen LogP contribution in [0.15, 0.2) is 11.6 Å². The van der Waals surface area contributed by atoms with Crippen LogP contribution in [0.25, 0.3) is 0 Å². The Labute approximate surface area is 162 Å². The van der Waals surface area contributed by atoms with Crippen molar-refractivity contribution in [2.24, 2.45) is 22.2 Å². The molecule has 3 aliphatic rings. The number of allylic oxidation sites excluding steroid dienone is 1. The Morgan fingerprint density at radius 1 is 1.15 bits per heavy atom. The average Bonchev–Trinajstić information content (AvgIpc) is 3.30. The number of rotatable bonds is 4. The summed E-state index contributed by atoms with van der Waals surface area (Å²) in [5.41, 5.74) is 0.253. The highest BCUT2D eigenvalue weighted by molar-refractivity contribution is 5.82. The van der Waals surface area contributed by atoms with E-state index in [2.05, 4.69) is 27.7 Å². The van der Waals surface area contributed by atoms with Crippen molar-refractivity contribution < 1.29 is 23.8 Å². The van der Waals surface area contributed by atoms with Gasteiger partial charge in [0.05, 0.1) is 13.2 Å². The van der Waals surface area contributed by atoms with Crippen molar-refractivity contribution in [1.29, 1.82) is 0 Å². The van der Waals surface area contributed by atoms with E-state index in [0.717, 1.165) is 24.8 Å². The molecule has 27 heavy (non-hydrogen) atoms. The number of esters is 2. The van der Waals surface area contributed by atoms with Crippen LogP contribution in [-0.4, -0.2) is 36.9 Å². The van der Waals surface area contributed by atoms with Crippen LogP contribution >= 0.6 is 0 Å². The molecule has 0 aromatic carbocycles. The van der Waals surface area contributed by atoms with Gasteiger partial charge in [-0.1, -0.05) is 33.3 Å². The zero-order valence-corrected chi connectivity index (χ0v) is 17.8. The second-order valence-electron chi connectivity index (χ2n) is 9.99. The summed E-state index contributed by atoms with van der Waals surface area (Å²) in [6, 6.07) is 0. The first-order valence-electron chi connectivity index (χ1n) is 10.0. The SMILES string of the molecule is CC(=O)OC[C@@H]1C[C@@]2(C)[C@@H](OC(=O)C=C(C)C)CCC(C)(C)[C@@]2(C)[C@@]12CO2. The number of carbonyl (C=O) groups is 2. The average molecular weight is 379 g/mol. The monoisotopic (exact) mass is 378 g/mol. The minimum absolute atomic E-state index is 0.0304. The van der Waals surface area contributed by atoms with E-state index in [1.165, 1.54) is 6.92 Å². The first-order chi connectivity index (χ1) is 12.4. The Morgan fingerprint density at radius 2 is 1.78 bits per heavy atom. The Hall–Kier alpha value is -1.36. The third-order valence-electron chi connectivity index (χ3n) is 8.02. The fourth-order valence-corrected chi connectivity index (χ4v) is 6.24. The van der Waals surface area contributed by atoms with Crippen LogP contribution in [0.4, 0.5) is 0 Å². The molecule has 0 aromatic rings. The van der Waals surface area contributed by atoms with E-state index in [1.807, 2.05) is 13.8 Å². The smallest absolute Gasteiger partial charge is 0.330 e. The third kappa shape index (κ3) is 2.84. The van der Waals surface area contributed by atoms with Crippen molar-refractivity contribution in [3.8, 4) is 0 Å². The Morgan fingerprint density at radius 3 is 2.30 bits per heavy atom. The quantitative estimate of drug-likeness (QED) is 0.419. The van der Waals surface area contributed by atoms with Crippen molar-refractivity contribution in [3.05, 3.63) is 11.6 Å². The fourth-order valence-electron chi connectivity index (χ4n) is 6.24. The van der Waals surface area contributed by atoms with Crippen molar-refractivity contribution in [3.63, 3.8) is 0 Å². The van der Waals surface area contributed by atoms with Gasteiger partial charge in [0.15, 0.2) is 0 Å². The van der Waals surface area contributed by atoms with Gasteiger partial charge < -0.3 is 14.2 Å². The van der Waals surface area contributed by atoms with Crippen molar-refractivity contribution >= 4 is 11.9 Å². The molecule has 1 heterocycles. The number of epoxide rings is 1. The molecule has 2 aliphatic carbocycles. The Balaban J connectivity index is 1.96. The molecule has 1 saturated heterocycles. The topological polar surface area (TPSA) is 65.1 Å². The lowest BCUT2D eigenvalue weighted by Crippen LogP contribution is -2.61. The molecule has 3 fully saturated rings. The van der Waals surface area contributed by atoms with Gasteiger partial charge >= 0.3 is 11.9 Å². The lowest BCUT2D eigenvalue weighted by molar-refractivity contribution is -0.190. The minimum Gasteiger partial charge on any atom is -0.465 e. The molecular formula is C22H34O5. The highest BCUT2D eigenvalue weighted by Gasteiger charge is 2.81. The van der Waals surface area contributed by atoms with Crippen LogP contribution in [0.5, 0.6) is 0 Å². The highest BCUT2D eigenvalue weighted by Crippen LogP contribution is 2.77. The maximum atomic E-state index is 12.4. The molecule has 3 rings (SSSR count). The van der Waals surface area contributed by atoms with Crippen LogP contribution in [-0.2, 0) is 23.8 Å². The predicted octanol–water partition coefficient (Wildman–Crippen LogP) is 4.05. The maximum Gasteiger partial charge on any atom is 0.330 e. The molecule has 1 aliphatic heterocycles. The minimum atomic E-state index is -0.303. The van der Waals surface area contributed by atoms with Gasteiger partial charge in [0.25, 0.3) is 0 Å². The fraction of sp³-hybridized carbons (Fsp3) is 0.818. The highest BCUT2D eigenvalue weighted by atomic mass is 16.6.